The molecule has 0 N–H and O–H groups in total. The predicted octanol–water partition coefficient (Wildman–Crippen LogP) is 2.93. The fourth-order valence-corrected chi connectivity index (χ4v) is 2.49. The summed E-state index contributed by atoms with van der Waals surface area (Å²) in [5, 5.41) is 1.24. The first kappa shape index (κ1) is 16.9. The lowest BCUT2D eigenvalue weighted by molar-refractivity contribution is -0.258. The molecule has 0 radical (unpaired) electrons. The number of amides is 1. The molecular formula is C17H25NO4. The van der Waals surface area contributed by atoms with Gasteiger partial charge < -0.3 is 9.47 Å². The Balaban J connectivity index is 2.08. The highest BCUT2D eigenvalue weighted by Crippen LogP contribution is 2.33. The third-order valence-corrected chi connectivity index (χ3v) is 3.95. The molecule has 1 aromatic rings. The van der Waals surface area contributed by atoms with Gasteiger partial charge in [-0.2, -0.15) is 0 Å². The number of nitrogens with zero attached hydrogens (tertiary/aromatic N) is 1. The van der Waals surface area contributed by atoms with E-state index in [2.05, 4.69) is 13.8 Å². The van der Waals surface area contributed by atoms with Gasteiger partial charge in [-0.3, -0.25) is 9.63 Å². The van der Waals surface area contributed by atoms with Crippen LogP contribution < -0.4 is 0 Å². The molecule has 5 heteroatoms. The zero-order valence-electron chi connectivity index (χ0n) is 13.7. The van der Waals surface area contributed by atoms with Gasteiger partial charge in [-0.05, 0) is 5.92 Å². The van der Waals surface area contributed by atoms with Gasteiger partial charge in [0.2, 0.25) is 5.91 Å². The van der Waals surface area contributed by atoms with Gasteiger partial charge in [-0.1, -0.05) is 44.2 Å². The van der Waals surface area contributed by atoms with Gasteiger partial charge in [0.25, 0.3) is 0 Å². The van der Waals surface area contributed by atoms with Crippen LogP contribution in [-0.2, 0) is 19.1 Å². The Hall–Kier alpha value is -1.43. The summed E-state index contributed by atoms with van der Waals surface area (Å²) in [5.41, 5.74) is 0.977. The van der Waals surface area contributed by atoms with Crippen molar-refractivity contribution in [2.75, 3.05) is 14.2 Å². The molecule has 0 bridgehead atoms. The Morgan fingerprint density at radius 2 is 2.00 bits per heavy atom. The SMILES string of the molecule is CON(C)C(=O)C[C@H]1C[C@@H](C(C)C)O[C@@H](c2ccccc2)O1. The molecule has 1 amide bonds. The van der Waals surface area contributed by atoms with Crippen molar-refractivity contribution < 1.29 is 19.1 Å². The van der Waals surface area contributed by atoms with Crippen LogP contribution in [0.4, 0.5) is 0 Å². The Kier molecular flexibility index (Phi) is 5.94. The lowest BCUT2D eigenvalue weighted by Gasteiger charge is -2.37. The molecule has 1 aromatic carbocycles. The minimum absolute atomic E-state index is 0.0737. The third-order valence-electron chi connectivity index (χ3n) is 3.95. The molecule has 3 atom stereocenters. The summed E-state index contributed by atoms with van der Waals surface area (Å²) in [4.78, 5) is 17.0. The van der Waals surface area contributed by atoms with Crippen LogP contribution in [0.5, 0.6) is 0 Å². The molecule has 22 heavy (non-hydrogen) atoms. The Morgan fingerprint density at radius 3 is 2.59 bits per heavy atom. The van der Waals surface area contributed by atoms with E-state index in [0.29, 0.717) is 18.8 Å². The average molecular weight is 307 g/mol. The van der Waals surface area contributed by atoms with Crippen molar-refractivity contribution in [3.05, 3.63) is 35.9 Å². The highest BCUT2D eigenvalue weighted by molar-refractivity contribution is 5.75. The Labute approximate surface area is 132 Å². The minimum atomic E-state index is -0.423. The lowest BCUT2D eigenvalue weighted by Crippen LogP contribution is -2.39. The second kappa shape index (κ2) is 7.72. The number of hydroxylamine groups is 2. The minimum Gasteiger partial charge on any atom is -0.345 e. The largest absolute Gasteiger partial charge is 0.345 e. The van der Waals surface area contributed by atoms with E-state index in [4.69, 9.17) is 14.3 Å². The zero-order valence-corrected chi connectivity index (χ0v) is 13.7. The summed E-state index contributed by atoms with van der Waals surface area (Å²) in [5.74, 6) is 0.275. The van der Waals surface area contributed by atoms with E-state index < -0.39 is 6.29 Å². The number of carbonyl (C=O) groups excluding carboxylic acids is 1. The van der Waals surface area contributed by atoms with Gasteiger partial charge in [0, 0.05) is 19.0 Å². The predicted molar refractivity (Wildman–Crippen MR) is 82.8 cm³/mol. The van der Waals surface area contributed by atoms with Crippen molar-refractivity contribution in [2.45, 2.75) is 45.2 Å². The molecule has 0 aliphatic carbocycles. The fourth-order valence-electron chi connectivity index (χ4n) is 2.49. The average Bonchev–Trinajstić information content (AvgIpc) is 2.54. The molecule has 1 aliphatic heterocycles. The van der Waals surface area contributed by atoms with Crippen molar-refractivity contribution in [2.24, 2.45) is 5.92 Å². The number of hydrogen-bond donors (Lipinski definition) is 0. The number of hydrogen-bond acceptors (Lipinski definition) is 4. The molecule has 1 saturated heterocycles. The van der Waals surface area contributed by atoms with Crippen LogP contribution in [0, 0.1) is 5.92 Å². The lowest BCUT2D eigenvalue weighted by atomic mass is 9.97. The smallest absolute Gasteiger partial charge is 0.248 e. The molecule has 0 unspecified atom stereocenters. The molecule has 1 fully saturated rings. The van der Waals surface area contributed by atoms with Gasteiger partial charge in [0.1, 0.15) is 0 Å². The van der Waals surface area contributed by atoms with Crippen molar-refractivity contribution in [1.82, 2.24) is 5.06 Å². The van der Waals surface area contributed by atoms with E-state index in [9.17, 15) is 4.79 Å². The van der Waals surface area contributed by atoms with Crippen LogP contribution in [0.3, 0.4) is 0 Å². The first-order valence-corrected chi connectivity index (χ1v) is 7.67. The maximum absolute atomic E-state index is 12.0. The molecule has 122 valence electrons. The van der Waals surface area contributed by atoms with E-state index in [1.54, 1.807) is 7.05 Å². The van der Waals surface area contributed by atoms with Crippen LogP contribution in [0.2, 0.25) is 0 Å². The summed E-state index contributed by atoms with van der Waals surface area (Å²) >= 11 is 0. The molecule has 0 aromatic heterocycles. The van der Waals surface area contributed by atoms with E-state index in [1.807, 2.05) is 30.3 Å². The van der Waals surface area contributed by atoms with Crippen LogP contribution >= 0.6 is 0 Å². The van der Waals surface area contributed by atoms with Crippen molar-refractivity contribution >= 4 is 5.91 Å². The molecule has 2 rings (SSSR count). The van der Waals surface area contributed by atoms with Crippen molar-refractivity contribution in [3.63, 3.8) is 0 Å². The van der Waals surface area contributed by atoms with E-state index in [0.717, 1.165) is 5.56 Å². The zero-order chi connectivity index (χ0) is 16.1. The summed E-state index contributed by atoms with van der Waals surface area (Å²) in [6, 6.07) is 9.83. The summed E-state index contributed by atoms with van der Waals surface area (Å²) in [7, 11) is 3.09. The van der Waals surface area contributed by atoms with Crippen LogP contribution in [0.25, 0.3) is 0 Å². The maximum atomic E-state index is 12.0. The van der Waals surface area contributed by atoms with E-state index >= 15 is 0 Å². The van der Waals surface area contributed by atoms with E-state index in [-0.39, 0.29) is 18.1 Å². The monoisotopic (exact) mass is 307 g/mol. The van der Waals surface area contributed by atoms with Gasteiger partial charge in [-0.25, -0.2) is 5.06 Å². The molecule has 5 nitrogen and oxygen atoms in total. The molecular weight excluding hydrogens is 282 g/mol. The number of benzene rings is 1. The van der Waals surface area contributed by atoms with E-state index in [1.165, 1.54) is 12.2 Å². The highest BCUT2D eigenvalue weighted by atomic mass is 16.7. The molecule has 0 spiro atoms. The third kappa shape index (κ3) is 4.29. The fraction of sp³-hybridized carbons (Fsp3) is 0.588. The molecule has 1 aliphatic rings. The first-order valence-electron chi connectivity index (χ1n) is 7.67. The van der Waals surface area contributed by atoms with Crippen LogP contribution in [0.1, 0.15) is 38.5 Å². The van der Waals surface area contributed by atoms with Gasteiger partial charge in [0.15, 0.2) is 6.29 Å². The molecule has 1 heterocycles. The topological polar surface area (TPSA) is 48.0 Å². The normalized spacial score (nSPS) is 25.2. The maximum Gasteiger partial charge on any atom is 0.248 e. The summed E-state index contributed by atoms with van der Waals surface area (Å²) in [6.07, 6.45) is 0.485. The molecule has 0 saturated carbocycles. The second-order valence-electron chi connectivity index (χ2n) is 5.93. The van der Waals surface area contributed by atoms with Crippen molar-refractivity contribution in [3.8, 4) is 0 Å². The number of carbonyl (C=O) groups is 1. The Morgan fingerprint density at radius 1 is 1.32 bits per heavy atom. The number of ether oxygens (including phenoxy) is 2. The van der Waals surface area contributed by atoms with Gasteiger partial charge in [0.05, 0.1) is 25.7 Å². The highest BCUT2D eigenvalue weighted by Gasteiger charge is 2.34. The second-order valence-corrected chi connectivity index (χ2v) is 5.93. The standard InChI is InChI=1S/C17H25NO4/c1-12(2)15-10-14(11-16(19)18(3)20-4)21-17(22-15)13-8-6-5-7-9-13/h5-9,12,14-15,17H,10-11H2,1-4H3/t14-,15+,17+/m1/s1. The summed E-state index contributed by atoms with van der Waals surface area (Å²) < 4.78 is 12.0. The van der Waals surface area contributed by atoms with Crippen molar-refractivity contribution in [1.29, 1.82) is 0 Å². The van der Waals surface area contributed by atoms with Crippen LogP contribution in [-0.4, -0.2) is 37.3 Å². The quantitative estimate of drug-likeness (QED) is 0.785. The summed E-state index contributed by atoms with van der Waals surface area (Å²) in [6.45, 7) is 4.25. The van der Waals surface area contributed by atoms with Crippen LogP contribution in [0.15, 0.2) is 30.3 Å². The first-order chi connectivity index (χ1) is 10.5. The Bertz CT molecular complexity index is 477. The van der Waals surface area contributed by atoms with Gasteiger partial charge >= 0.3 is 0 Å². The van der Waals surface area contributed by atoms with Gasteiger partial charge in [-0.15, -0.1) is 0 Å². The number of rotatable bonds is 5.